The van der Waals surface area contributed by atoms with Crippen molar-refractivity contribution in [2.75, 3.05) is 23.3 Å². The molecule has 0 saturated heterocycles. The van der Waals surface area contributed by atoms with E-state index in [0.29, 0.717) is 18.9 Å². The van der Waals surface area contributed by atoms with Crippen molar-refractivity contribution >= 4 is 33.8 Å². The molecule has 0 unspecified atom stereocenters. The summed E-state index contributed by atoms with van der Waals surface area (Å²) in [5.74, 6) is 0.560. The summed E-state index contributed by atoms with van der Waals surface area (Å²) in [5, 5.41) is 17.0. The van der Waals surface area contributed by atoms with Gasteiger partial charge in [-0.15, -0.1) is 0 Å². The van der Waals surface area contributed by atoms with Crippen molar-refractivity contribution in [1.82, 2.24) is 9.97 Å². The van der Waals surface area contributed by atoms with E-state index in [1.54, 1.807) is 0 Å². The van der Waals surface area contributed by atoms with Gasteiger partial charge < -0.3 is 10.2 Å². The molecule has 0 bridgehead atoms. The number of benzene rings is 2. The highest BCUT2D eigenvalue weighted by molar-refractivity contribution is 5.96. The molecule has 0 saturated carbocycles. The van der Waals surface area contributed by atoms with Crippen LogP contribution in [-0.4, -0.2) is 28.0 Å². The smallest absolute Gasteiger partial charge is 0.353 e. The van der Waals surface area contributed by atoms with Crippen molar-refractivity contribution in [3.8, 4) is 0 Å². The molecular formula is C20H23N5O2. The lowest BCUT2D eigenvalue weighted by Crippen LogP contribution is -2.20. The molecule has 1 aromatic heterocycles. The number of hydrogen-bond donors (Lipinski definition) is 1. The second kappa shape index (κ2) is 8.44. The van der Waals surface area contributed by atoms with Crippen molar-refractivity contribution in [2.45, 2.75) is 26.7 Å². The average Bonchev–Trinajstić information content (AvgIpc) is 2.69. The van der Waals surface area contributed by atoms with Crippen molar-refractivity contribution in [3.63, 3.8) is 0 Å². The van der Waals surface area contributed by atoms with Gasteiger partial charge in [0.15, 0.2) is 0 Å². The molecule has 0 fully saturated rings. The van der Waals surface area contributed by atoms with Crippen LogP contribution in [0.5, 0.6) is 0 Å². The second-order valence-corrected chi connectivity index (χ2v) is 6.17. The van der Waals surface area contributed by atoms with Crippen LogP contribution in [0.2, 0.25) is 0 Å². The van der Waals surface area contributed by atoms with Crippen molar-refractivity contribution in [3.05, 3.63) is 58.9 Å². The third-order valence-corrected chi connectivity index (χ3v) is 4.44. The van der Waals surface area contributed by atoms with Gasteiger partial charge in [0.25, 0.3) is 0 Å². The van der Waals surface area contributed by atoms with Gasteiger partial charge in [0.2, 0.25) is 11.6 Å². The fourth-order valence-electron chi connectivity index (χ4n) is 3.13. The Balaban J connectivity index is 2.12. The summed E-state index contributed by atoms with van der Waals surface area (Å²) in [4.78, 5) is 21.7. The molecule has 7 heteroatoms. The Kier molecular flexibility index (Phi) is 5.80. The number of fused-ring (bicyclic) bond motifs is 1. The van der Waals surface area contributed by atoms with Gasteiger partial charge in [-0.25, -0.2) is 9.97 Å². The standard InChI is InChI=1S/C20H23N5O2/c1-3-5-13-21-19-18(25(26)27)20(23-14-22-19)24(4-2)17-12-8-10-15-9-6-7-11-16(15)17/h6-12,14H,3-5,13H2,1-2H3,(H,21,22,23). The first-order valence-electron chi connectivity index (χ1n) is 9.15. The first kappa shape index (κ1) is 18.6. The molecule has 140 valence electrons. The third kappa shape index (κ3) is 3.81. The molecule has 3 aromatic rings. The summed E-state index contributed by atoms with van der Waals surface area (Å²) in [5.41, 5.74) is 0.792. The number of nitrogens with one attached hydrogen (secondary N) is 1. The van der Waals surface area contributed by atoms with Gasteiger partial charge in [-0.3, -0.25) is 10.1 Å². The van der Waals surface area contributed by atoms with Crippen LogP contribution in [-0.2, 0) is 0 Å². The first-order chi connectivity index (χ1) is 13.2. The van der Waals surface area contributed by atoms with Crippen LogP contribution in [0.15, 0.2) is 48.8 Å². The van der Waals surface area contributed by atoms with Crippen molar-refractivity contribution in [2.24, 2.45) is 0 Å². The number of aromatic nitrogens is 2. The summed E-state index contributed by atoms with van der Waals surface area (Å²) in [6.45, 7) is 5.20. The molecular weight excluding hydrogens is 342 g/mol. The van der Waals surface area contributed by atoms with E-state index in [1.165, 1.54) is 6.33 Å². The highest BCUT2D eigenvalue weighted by Crippen LogP contribution is 2.38. The fourth-order valence-corrected chi connectivity index (χ4v) is 3.13. The summed E-state index contributed by atoms with van der Waals surface area (Å²) < 4.78 is 0. The van der Waals surface area contributed by atoms with Crippen molar-refractivity contribution < 1.29 is 4.92 Å². The summed E-state index contributed by atoms with van der Waals surface area (Å²) in [7, 11) is 0. The molecule has 0 radical (unpaired) electrons. The van der Waals surface area contributed by atoms with E-state index >= 15 is 0 Å². The van der Waals surface area contributed by atoms with E-state index in [2.05, 4.69) is 22.2 Å². The first-order valence-corrected chi connectivity index (χ1v) is 9.15. The minimum absolute atomic E-state index is 0.0941. The normalized spacial score (nSPS) is 10.7. The molecule has 1 N–H and O–H groups in total. The van der Waals surface area contributed by atoms with E-state index in [9.17, 15) is 10.1 Å². The lowest BCUT2D eigenvalue weighted by atomic mass is 10.1. The van der Waals surface area contributed by atoms with E-state index in [1.807, 2.05) is 54.3 Å². The maximum Gasteiger partial charge on any atom is 0.353 e. The molecule has 3 rings (SSSR count). The molecule has 0 amide bonds. The topological polar surface area (TPSA) is 84.2 Å². The van der Waals surface area contributed by atoms with Gasteiger partial charge >= 0.3 is 5.69 Å². The Morgan fingerprint density at radius 2 is 1.89 bits per heavy atom. The SMILES string of the molecule is CCCCNc1ncnc(N(CC)c2cccc3ccccc23)c1[N+](=O)[O-]. The van der Waals surface area contributed by atoms with E-state index in [4.69, 9.17) is 0 Å². The minimum atomic E-state index is -0.405. The maximum absolute atomic E-state index is 11.8. The molecule has 0 aliphatic heterocycles. The quantitative estimate of drug-likeness (QED) is 0.347. The molecule has 0 atom stereocenters. The fraction of sp³-hybridized carbons (Fsp3) is 0.300. The van der Waals surface area contributed by atoms with Crippen LogP contribution in [0.4, 0.5) is 23.0 Å². The van der Waals surface area contributed by atoms with Gasteiger partial charge in [-0.2, -0.15) is 0 Å². The largest absolute Gasteiger partial charge is 0.364 e. The number of rotatable bonds is 8. The summed E-state index contributed by atoms with van der Waals surface area (Å²) >= 11 is 0. The predicted molar refractivity (Wildman–Crippen MR) is 109 cm³/mol. The molecule has 1 heterocycles. The van der Waals surface area contributed by atoms with E-state index < -0.39 is 4.92 Å². The summed E-state index contributed by atoms with van der Waals surface area (Å²) in [6, 6.07) is 13.9. The number of nitro groups is 1. The highest BCUT2D eigenvalue weighted by Gasteiger charge is 2.27. The van der Waals surface area contributed by atoms with Gasteiger partial charge in [0.05, 0.1) is 10.6 Å². The molecule has 27 heavy (non-hydrogen) atoms. The zero-order chi connectivity index (χ0) is 19.2. The van der Waals surface area contributed by atoms with Gasteiger partial charge in [0, 0.05) is 18.5 Å². The van der Waals surface area contributed by atoms with Gasteiger partial charge in [-0.05, 0) is 24.8 Å². The Morgan fingerprint density at radius 3 is 2.63 bits per heavy atom. The second-order valence-electron chi connectivity index (χ2n) is 6.17. The lowest BCUT2D eigenvalue weighted by Gasteiger charge is -2.24. The molecule has 0 aliphatic rings. The van der Waals surface area contributed by atoms with E-state index in [-0.39, 0.29) is 11.5 Å². The molecule has 0 aliphatic carbocycles. The average molecular weight is 365 g/mol. The van der Waals surface area contributed by atoms with Gasteiger partial charge in [-0.1, -0.05) is 49.7 Å². The molecule has 7 nitrogen and oxygen atoms in total. The Morgan fingerprint density at radius 1 is 1.11 bits per heavy atom. The number of hydrogen-bond acceptors (Lipinski definition) is 6. The zero-order valence-corrected chi connectivity index (χ0v) is 15.6. The van der Waals surface area contributed by atoms with Crippen LogP contribution in [0, 0.1) is 10.1 Å². The number of anilines is 3. The van der Waals surface area contributed by atoms with Crippen LogP contribution >= 0.6 is 0 Å². The van der Waals surface area contributed by atoms with Gasteiger partial charge in [0.1, 0.15) is 6.33 Å². The van der Waals surface area contributed by atoms with Crippen LogP contribution in [0.1, 0.15) is 26.7 Å². The Labute approximate surface area is 158 Å². The number of unbranched alkanes of at least 4 members (excludes halogenated alkanes) is 1. The van der Waals surface area contributed by atoms with Crippen LogP contribution < -0.4 is 10.2 Å². The minimum Gasteiger partial charge on any atom is -0.364 e. The van der Waals surface area contributed by atoms with Crippen LogP contribution in [0.3, 0.4) is 0 Å². The van der Waals surface area contributed by atoms with Crippen molar-refractivity contribution in [1.29, 1.82) is 0 Å². The summed E-state index contributed by atoms with van der Waals surface area (Å²) in [6.07, 6.45) is 3.29. The monoisotopic (exact) mass is 365 g/mol. The Bertz CT molecular complexity index is 939. The molecule has 0 spiro atoms. The highest BCUT2D eigenvalue weighted by atomic mass is 16.6. The Hall–Kier alpha value is -3.22. The van der Waals surface area contributed by atoms with Crippen LogP contribution in [0.25, 0.3) is 10.8 Å². The van der Waals surface area contributed by atoms with E-state index in [0.717, 1.165) is 29.3 Å². The lowest BCUT2D eigenvalue weighted by molar-refractivity contribution is -0.383. The number of nitrogens with zero attached hydrogens (tertiary/aromatic N) is 4. The molecule has 2 aromatic carbocycles. The predicted octanol–water partition coefficient (Wildman–Crippen LogP) is 4.91. The zero-order valence-electron chi connectivity index (χ0n) is 15.6. The maximum atomic E-state index is 11.8. The third-order valence-electron chi connectivity index (χ3n) is 4.44.